The lowest BCUT2D eigenvalue weighted by molar-refractivity contribution is 0.174. The first kappa shape index (κ1) is 13.5. The van der Waals surface area contributed by atoms with Gasteiger partial charge in [0.15, 0.2) is 0 Å². The van der Waals surface area contributed by atoms with Crippen LogP contribution in [0.4, 0.5) is 5.69 Å². The summed E-state index contributed by atoms with van der Waals surface area (Å²) in [5, 5.41) is 9.71. The summed E-state index contributed by atoms with van der Waals surface area (Å²) in [6, 6.07) is 6.14. The highest BCUT2D eigenvalue weighted by molar-refractivity contribution is 9.10. The Morgan fingerprint density at radius 1 is 1.50 bits per heavy atom. The first-order valence-corrected chi connectivity index (χ1v) is 6.19. The van der Waals surface area contributed by atoms with E-state index in [2.05, 4.69) is 39.9 Å². The number of benzene rings is 1. The third-order valence-electron chi connectivity index (χ3n) is 2.57. The predicted octanol–water partition coefficient (Wildman–Crippen LogP) is 1.90. The summed E-state index contributed by atoms with van der Waals surface area (Å²) in [5.74, 6) is 0. The molecule has 0 aliphatic carbocycles. The monoisotopic (exact) mass is 286 g/mol. The highest BCUT2D eigenvalue weighted by Gasteiger charge is 2.10. The maximum absolute atomic E-state index is 9.71. The van der Waals surface area contributed by atoms with Gasteiger partial charge in [-0.25, -0.2) is 0 Å². The zero-order valence-corrected chi connectivity index (χ0v) is 11.4. The van der Waals surface area contributed by atoms with Gasteiger partial charge in [-0.05, 0) is 37.6 Å². The van der Waals surface area contributed by atoms with Crippen LogP contribution in [0.15, 0.2) is 22.7 Å². The number of aryl methyl sites for hydroxylation is 1. The molecule has 4 heteroatoms. The Bertz CT molecular complexity index is 344. The Morgan fingerprint density at radius 2 is 2.19 bits per heavy atom. The van der Waals surface area contributed by atoms with Gasteiger partial charge in [-0.1, -0.05) is 22.0 Å². The fraction of sp³-hybridized carbons (Fsp3) is 0.500. The molecule has 1 aromatic carbocycles. The number of aliphatic hydroxyl groups is 1. The van der Waals surface area contributed by atoms with Gasteiger partial charge in [0, 0.05) is 23.8 Å². The van der Waals surface area contributed by atoms with Crippen LogP contribution in [0.5, 0.6) is 0 Å². The van der Waals surface area contributed by atoms with E-state index in [-0.39, 0.29) is 6.10 Å². The summed E-state index contributed by atoms with van der Waals surface area (Å²) in [4.78, 5) is 2.06. The maximum Gasteiger partial charge on any atom is 0.0726 e. The summed E-state index contributed by atoms with van der Waals surface area (Å²) in [6.45, 7) is 3.19. The van der Waals surface area contributed by atoms with E-state index in [1.54, 1.807) is 0 Å². The van der Waals surface area contributed by atoms with Gasteiger partial charge >= 0.3 is 0 Å². The van der Waals surface area contributed by atoms with Crippen molar-refractivity contribution in [2.75, 3.05) is 25.0 Å². The highest BCUT2D eigenvalue weighted by atomic mass is 79.9. The molecule has 0 bridgehead atoms. The molecule has 0 radical (unpaired) electrons. The lowest BCUT2D eigenvalue weighted by atomic mass is 10.1. The summed E-state index contributed by atoms with van der Waals surface area (Å²) in [7, 11) is 1.98. The van der Waals surface area contributed by atoms with E-state index < -0.39 is 0 Å². The zero-order valence-electron chi connectivity index (χ0n) is 9.78. The van der Waals surface area contributed by atoms with Crippen molar-refractivity contribution in [3.8, 4) is 0 Å². The van der Waals surface area contributed by atoms with Gasteiger partial charge in [0.1, 0.15) is 0 Å². The molecule has 0 aliphatic heterocycles. The second-order valence-corrected chi connectivity index (χ2v) is 4.96. The van der Waals surface area contributed by atoms with E-state index in [0.717, 1.165) is 10.2 Å². The molecule has 1 atom stereocenters. The number of halogens is 1. The van der Waals surface area contributed by atoms with Crippen LogP contribution in [0, 0.1) is 6.92 Å². The lowest BCUT2D eigenvalue weighted by Crippen LogP contribution is -2.30. The van der Waals surface area contributed by atoms with E-state index in [9.17, 15) is 5.11 Å². The van der Waals surface area contributed by atoms with Crippen LogP contribution >= 0.6 is 15.9 Å². The number of anilines is 1. The van der Waals surface area contributed by atoms with Gasteiger partial charge < -0.3 is 15.7 Å². The Morgan fingerprint density at radius 3 is 2.81 bits per heavy atom. The standard InChI is InChI=1S/C12H19BrN2O/c1-9-3-4-10(13)7-12(9)15(2)8-11(16)5-6-14/h3-4,7,11,16H,5-6,8,14H2,1-2H3. The molecular formula is C12H19BrN2O. The van der Waals surface area contributed by atoms with Gasteiger partial charge in [-0.3, -0.25) is 0 Å². The van der Waals surface area contributed by atoms with Crippen molar-refractivity contribution in [3.05, 3.63) is 28.2 Å². The molecule has 3 nitrogen and oxygen atoms in total. The van der Waals surface area contributed by atoms with Crippen LogP contribution in [0.2, 0.25) is 0 Å². The molecule has 0 heterocycles. The quantitative estimate of drug-likeness (QED) is 0.869. The molecule has 1 aromatic rings. The molecule has 0 fully saturated rings. The van der Waals surface area contributed by atoms with Gasteiger partial charge in [0.25, 0.3) is 0 Å². The van der Waals surface area contributed by atoms with E-state index >= 15 is 0 Å². The van der Waals surface area contributed by atoms with Crippen LogP contribution in [0.3, 0.4) is 0 Å². The molecule has 0 spiro atoms. The maximum atomic E-state index is 9.71. The molecule has 0 aliphatic rings. The van der Waals surface area contributed by atoms with Gasteiger partial charge in [0.2, 0.25) is 0 Å². The average molecular weight is 287 g/mol. The molecule has 16 heavy (non-hydrogen) atoms. The second kappa shape index (κ2) is 6.23. The number of hydrogen-bond donors (Lipinski definition) is 2. The fourth-order valence-electron chi connectivity index (χ4n) is 1.69. The van der Waals surface area contributed by atoms with Crippen LogP contribution < -0.4 is 10.6 Å². The number of hydrogen-bond acceptors (Lipinski definition) is 3. The third-order valence-corrected chi connectivity index (χ3v) is 3.06. The minimum absolute atomic E-state index is 0.367. The molecule has 1 unspecified atom stereocenters. The first-order chi connectivity index (χ1) is 7.54. The summed E-state index contributed by atoms with van der Waals surface area (Å²) in [6.07, 6.45) is 0.269. The number of nitrogens with zero attached hydrogens (tertiary/aromatic N) is 1. The van der Waals surface area contributed by atoms with E-state index in [0.29, 0.717) is 19.5 Å². The number of aliphatic hydroxyl groups excluding tert-OH is 1. The Balaban J connectivity index is 2.72. The van der Waals surface area contributed by atoms with Crippen LogP contribution in [-0.2, 0) is 0 Å². The normalized spacial score (nSPS) is 12.6. The van der Waals surface area contributed by atoms with Crippen LogP contribution in [0.1, 0.15) is 12.0 Å². The SMILES string of the molecule is Cc1ccc(Br)cc1N(C)CC(O)CCN. The van der Waals surface area contributed by atoms with Crippen molar-refractivity contribution in [1.29, 1.82) is 0 Å². The molecule has 0 amide bonds. The second-order valence-electron chi connectivity index (χ2n) is 4.04. The molecule has 90 valence electrons. The van der Waals surface area contributed by atoms with Crippen molar-refractivity contribution in [1.82, 2.24) is 0 Å². The zero-order chi connectivity index (χ0) is 12.1. The molecule has 3 N–H and O–H groups in total. The van der Waals surface area contributed by atoms with Gasteiger partial charge in [0.05, 0.1) is 6.10 Å². The van der Waals surface area contributed by atoms with Gasteiger partial charge in [-0.2, -0.15) is 0 Å². The van der Waals surface area contributed by atoms with Crippen molar-refractivity contribution in [3.63, 3.8) is 0 Å². The smallest absolute Gasteiger partial charge is 0.0726 e. The molecule has 0 aromatic heterocycles. The highest BCUT2D eigenvalue weighted by Crippen LogP contribution is 2.23. The molecule has 1 rings (SSSR count). The first-order valence-electron chi connectivity index (χ1n) is 5.40. The van der Waals surface area contributed by atoms with Crippen LogP contribution in [0.25, 0.3) is 0 Å². The molecular weight excluding hydrogens is 268 g/mol. The van der Waals surface area contributed by atoms with E-state index in [1.807, 2.05) is 13.1 Å². The summed E-state index contributed by atoms with van der Waals surface area (Å²) >= 11 is 3.45. The minimum atomic E-state index is -0.367. The molecule has 0 saturated carbocycles. The fourth-order valence-corrected chi connectivity index (χ4v) is 2.04. The van der Waals surface area contributed by atoms with Gasteiger partial charge in [-0.15, -0.1) is 0 Å². The summed E-state index contributed by atoms with van der Waals surface area (Å²) in [5.41, 5.74) is 7.74. The number of nitrogens with two attached hydrogens (primary N) is 1. The van der Waals surface area contributed by atoms with Crippen LogP contribution in [-0.4, -0.2) is 31.3 Å². The van der Waals surface area contributed by atoms with Crippen molar-refractivity contribution < 1.29 is 5.11 Å². The Kier molecular flexibility index (Phi) is 5.25. The Labute approximate surface area is 105 Å². The topological polar surface area (TPSA) is 49.5 Å². The summed E-state index contributed by atoms with van der Waals surface area (Å²) < 4.78 is 1.05. The lowest BCUT2D eigenvalue weighted by Gasteiger charge is -2.24. The predicted molar refractivity (Wildman–Crippen MR) is 71.8 cm³/mol. The number of likely N-dealkylation sites (N-methyl/N-ethyl adjacent to an activating group) is 1. The number of rotatable bonds is 5. The largest absolute Gasteiger partial charge is 0.391 e. The van der Waals surface area contributed by atoms with Crippen molar-refractivity contribution >= 4 is 21.6 Å². The van der Waals surface area contributed by atoms with Crippen molar-refractivity contribution in [2.24, 2.45) is 5.73 Å². The Hall–Kier alpha value is -0.580. The van der Waals surface area contributed by atoms with Crippen molar-refractivity contribution in [2.45, 2.75) is 19.4 Å². The van der Waals surface area contributed by atoms with E-state index in [1.165, 1.54) is 5.56 Å². The van der Waals surface area contributed by atoms with E-state index in [4.69, 9.17) is 5.73 Å². The minimum Gasteiger partial charge on any atom is -0.391 e. The average Bonchev–Trinajstić information content (AvgIpc) is 2.21. The third kappa shape index (κ3) is 3.77. The molecule has 0 saturated heterocycles.